The Morgan fingerprint density at radius 2 is 2.03 bits per heavy atom. The van der Waals surface area contributed by atoms with E-state index in [0.717, 1.165) is 29.7 Å². The lowest BCUT2D eigenvalue weighted by molar-refractivity contribution is -0.137. The normalized spacial score (nSPS) is 11.7. The molecule has 0 aliphatic carbocycles. The van der Waals surface area contributed by atoms with Crippen LogP contribution in [0.4, 0.5) is 24.8 Å². The molecule has 8 nitrogen and oxygen atoms in total. The Morgan fingerprint density at radius 1 is 1.28 bits per heavy atom. The van der Waals surface area contributed by atoms with Crippen molar-refractivity contribution in [3.63, 3.8) is 0 Å². The van der Waals surface area contributed by atoms with Gasteiger partial charge in [0.05, 0.1) is 17.5 Å². The third-order valence-corrected chi connectivity index (χ3v) is 4.26. The van der Waals surface area contributed by atoms with Crippen molar-refractivity contribution >= 4 is 35.5 Å². The quantitative estimate of drug-likeness (QED) is 0.302. The first-order valence-corrected chi connectivity index (χ1v) is 9.16. The Bertz CT molecular complexity index is 997. The molecule has 0 aliphatic heterocycles. The Kier molecular flexibility index (Phi) is 6.22. The van der Waals surface area contributed by atoms with Crippen LogP contribution in [0.1, 0.15) is 17.1 Å². The molecule has 0 fully saturated rings. The maximum absolute atomic E-state index is 12.5. The molecule has 1 amide bonds. The molecule has 0 saturated carbocycles. The van der Waals surface area contributed by atoms with Crippen LogP contribution in [0.15, 0.2) is 51.1 Å². The van der Waals surface area contributed by atoms with Crippen LogP contribution in [-0.2, 0) is 11.0 Å². The van der Waals surface area contributed by atoms with Gasteiger partial charge in [-0.15, -0.1) is 5.10 Å². The molecule has 29 heavy (non-hydrogen) atoms. The van der Waals surface area contributed by atoms with E-state index in [4.69, 9.17) is 4.42 Å². The molecule has 152 valence electrons. The zero-order valence-corrected chi connectivity index (χ0v) is 15.8. The number of aryl methyl sites for hydroxylation is 1. The number of alkyl halides is 3. The van der Waals surface area contributed by atoms with Crippen LogP contribution in [0.2, 0.25) is 0 Å². The van der Waals surface area contributed by atoms with Crippen LogP contribution in [0, 0.1) is 6.92 Å². The van der Waals surface area contributed by atoms with E-state index in [2.05, 4.69) is 31.0 Å². The van der Waals surface area contributed by atoms with E-state index < -0.39 is 17.6 Å². The van der Waals surface area contributed by atoms with Crippen LogP contribution < -0.4 is 10.7 Å². The van der Waals surface area contributed by atoms with Crippen molar-refractivity contribution in [2.24, 2.45) is 5.10 Å². The molecular weight excluding hydrogens is 409 g/mol. The highest BCUT2D eigenvalue weighted by molar-refractivity contribution is 7.99. The smallest absolute Gasteiger partial charge is 0.416 e. The summed E-state index contributed by atoms with van der Waals surface area (Å²) in [6.07, 6.45) is -2.95. The molecule has 0 saturated heterocycles. The molecule has 3 N–H and O–H groups in total. The van der Waals surface area contributed by atoms with Gasteiger partial charge in [0.15, 0.2) is 0 Å². The summed E-state index contributed by atoms with van der Waals surface area (Å²) in [6, 6.07) is 7.76. The van der Waals surface area contributed by atoms with E-state index in [-0.39, 0.29) is 17.4 Å². The highest BCUT2D eigenvalue weighted by atomic mass is 32.2. The minimum atomic E-state index is -4.42. The number of hydrogen-bond donors (Lipinski definition) is 3. The van der Waals surface area contributed by atoms with Gasteiger partial charge in [0.25, 0.3) is 0 Å². The highest BCUT2D eigenvalue weighted by Crippen LogP contribution is 2.29. The second kappa shape index (κ2) is 8.82. The molecule has 12 heteroatoms. The lowest BCUT2D eigenvalue weighted by Gasteiger charge is -2.08. The number of halogens is 3. The second-order valence-electron chi connectivity index (χ2n) is 5.70. The fourth-order valence-electron chi connectivity index (χ4n) is 2.11. The number of aromatic amines is 1. The summed E-state index contributed by atoms with van der Waals surface area (Å²) in [6.45, 7) is 1.82. The molecular formula is C17H15F3N6O2S. The number of hydrogen-bond acceptors (Lipinski definition) is 7. The molecule has 2 aromatic heterocycles. The van der Waals surface area contributed by atoms with Gasteiger partial charge < -0.3 is 9.73 Å². The van der Waals surface area contributed by atoms with Crippen LogP contribution in [-0.4, -0.2) is 33.1 Å². The number of carbonyl (C=O) groups excluding carboxylic acids is 1. The van der Waals surface area contributed by atoms with Crippen molar-refractivity contribution in [3.8, 4) is 0 Å². The van der Waals surface area contributed by atoms with Crippen LogP contribution >= 0.6 is 11.8 Å². The molecule has 3 aromatic rings. The average Bonchev–Trinajstić information content (AvgIpc) is 3.29. The van der Waals surface area contributed by atoms with Gasteiger partial charge in [0.1, 0.15) is 11.5 Å². The zero-order chi connectivity index (χ0) is 20.9. The van der Waals surface area contributed by atoms with Crippen molar-refractivity contribution in [3.05, 3.63) is 53.5 Å². The predicted octanol–water partition coefficient (Wildman–Crippen LogP) is 3.90. The fourth-order valence-corrected chi connectivity index (χ4v) is 2.71. The number of nitrogens with one attached hydrogen (secondary N) is 3. The fraction of sp³-hybridized carbons (Fsp3) is 0.176. The van der Waals surface area contributed by atoms with E-state index in [0.29, 0.717) is 10.9 Å². The average molecular weight is 424 g/mol. The molecule has 0 bridgehead atoms. The zero-order valence-electron chi connectivity index (χ0n) is 14.9. The third kappa shape index (κ3) is 6.10. The topological polar surface area (TPSA) is 108 Å². The summed E-state index contributed by atoms with van der Waals surface area (Å²) < 4.78 is 42.9. The van der Waals surface area contributed by atoms with Crippen molar-refractivity contribution in [1.29, 1.82) is 0 Å². The van der Waals surface area contributed by atoms with E-state index >= 15 is 0 Å². The molecule has 0 atom stereocenters. The number of amides is 1. The number of benzene rings is 1. The minimum absolute atomic E-state index is 0.0206. The SMILES string of the molecule is Cc1ccc(/C=N/Nc2nc(SCC(=O)Nc3ccc(C(F)(F)F)cc3)n[nH]2)o1. The third-order valence-electron chi connectivity index (χ3n) is 3.42. The van der Waals surface area contributed by atoms with Gasteiger partial charge >= 0.3 is 6.18 Å². The maximum atomic E-state index is 12.5. The Morgan fingerprint density at radius 3 is 2.69 bits per heavy atom. The number of thioether (sulfide) groups is 1. The van der Waals surface area contributed by atoms with Crippen molar-refractivity contribution in [1.82, 2.24) is 15.2 Å². The summed E-state index contributed by atoms with van der Waals surface area (Å²) in [5, 5.41) is 13.3. The van der Waals surface area contributed by atoms with Gasteiger partial charge in [-0.25, -0.2) is 10.5 Å². The van der Waals surface area contributed by atoms with Crippen LogP contribution in [0.25, 0.3) is 0 Å². The number of nitrogens with zero attached hydrogens (tertiary/aromatic N) is 3. The lowest BCUT2D eigenvalue weighted by Crippen LogP contribution is -2.14. The maximum Gasteiger partial charge on any atom is 0.416 e. The molecule has 1 aromatic carbocycles. The number of furan rings is 1. The number of hydrazone groups is 1. The number of H-pyrrole nitrogens is 1. The molecule has 0 unspecified atom stereocenters. The molecule has 0 aliphatic rings. The molecule has 3 rings (SSSR count). The molecule has 2 heterocycles. The van der Waals surface area contributed by atoms with E-state index in [1.165, 1.54) is 18.3 Å². The summed E-state index contributed by atoms with van der Waals surface area (Å²) in [4.78, 5) is 16.0. The van der Waals surface area contributed by atoms with E-state index in [9.17, 15) is 18.0 Å². The first-order valence-electron chi connectivity index (χ1n) is 8.17. The predicted molar refractivity (Wildman–Crippen MR) is 102 cm³/mol. The van der Waals surface area contributed by atoms with Gasteiger partial charge in [-0.3, -0.25) is 4.79 Å². The van der Waals surface area contributed by atoms with Crippen LogP contribution in [0.5, 0.6) is 0 Å². The number of anilines is 2. The first-order chi connectivity index (χ1) is 13.8. The first kappa shape index (κ1) is 20.5. The standard InChI is InChI=1S/C17H15F3N6O2S/c1-10-2-7-13(28-10)8-21-24-15-23-16(26-25-15)29-9-14(27)22-12-5-3-11(4-6-12)17(18,19)20/h2-8H,9H2,1H3,(H,22,27)(H2,23,24,25,26)/b21-8+. The van der Waals surface area contributed by atoms with E-state index in [1.54, 1.807) is 12.1 Å². The lowest BCUT2D eigenvalue weighted by atomic mass is 10.2. The minimum Gasteiger partial charge on any atom is -0.460 e. The Hall–Kier alpha value is -3.28. The number of rotatable bonds is 7. The van der Waals surface area contributed by atoms with Crippen molar-refractivity contribution < 1.29 is 22.4 Å². The molecule has 0 spiro atoms. The monoisotopic (exact) mass is 424 g/mol. The van der Waals surface area contributed by atoms with Crippen molar-refractivity contribution in [2.75, 3.05) is 16.5 Å². The Labute approximate surface area is 167 Å². The second-order valence-corrected chi connectivity index (χ2v) is 6.64. The van der Waals surface area contributed by atoms with Gasteiger partial charge in [0.2, 0.25) is 17.0 Å². The van der Waals surface area contributed by atoms with E-state index in [1.807, 2.05) is 6.92 Å². The van der Waals surface area contributed by atoms with Gasteiger partial charge in [-0.1, -0.05) is 11.8 Å². The summed E-state index contributed by atoms with van der Waals surface area (Å²) in [5.74, 6) is 1.19. The summed E-state index contributed by atoms with van der Waals surface area (Å²) in [7, 11) is 0. The Balaban J connectivity index is 1.45. The summed E-state index contributed by atoms with van der Waals surface area (Å²) in [5.41, 5.74) is 2.13. The largest absolute Gasteiger partial charge is 0.460 e. The van der Waals surface area contributed by atoms with Gasteiger partial charge in [0, 0.05) is 5.69 Å². The van der Waals surface area contributed by atoms with Gasteiger partial charge in [-0.05, 0) is 43.3 Å². The van der Waals surface area contributed by atoms with Gasteiger partial charge in [-0.2, -0.15) is 23.3 Å². The summed E-state index contributed by atoms with van der Waals surface area (Å²) >= 11 is 1.05. The highest BCUT2D eigenvalue weighted by Gasteiger charge is 2.29. The van der Waals surface area contributed by atoms with Crippen LogP contribution in [0.3, 0.4) is 0 Å². The molecule has 0 radical (unpaired) electrons. The number of aromatic nitrogens is 3. The number of carbonyl (C=O) groups is 1. The van der Waals surface area contributed by atoms with Crippen molar-refractivity contribution in [2.45, 2.75) is 18.3 Å².